The van der Waals surface area contributed by atoms with E-state index in [0.29, 0.717) is 5.69 Å². The zero-order valence-electron chi connectivity index (χ0n) is 13.6. The molecule has 4 heteroatoms. The Hall–Kier alpha value is -1.97. The smallest absolute Gasteiger partial charge is 0.126 e. The molecule has 0 aliphatic rings. The summed E-state index contributed by atoms with van der Waals surface area (Å²) < 4.78 is 0. The van der Waals surface area contributed by atoms with Crippen molar-refractivity contribution in [2.24, 2.45) is 5.18 Å². The van der Waals surface area contributed by atoms with Gasteiger partial charge in [-0.3, -0.25) is 0 Å². The molecule has 0 unspecified atom stereocenters. The van der Waals surface area contributed by atoms with Gasteiger partial charge in [0.05, 0.1) is 0 Å². The first-order chi connectivity index (χ1) is 9.15. The molecule has 20 heavy (non-hydrogen) atoms. The van der Waals surface area contributed by atoms with Gasteiger partial charge < -0.3 is 10.1 Å². The molecule has 0 atom stereocenters. The third-order valence-electron chi connectivity index (χ3n) is 2.34. The molecule has 0 saturated carbocycles. The number of carbonyl (C=O) groups is 1. The van der Waals surface area contributed by atoms with Crippen molar-refractivity contribution in [3.8, 4) is 0 Å². The van der Waals surface area contributed by atoms with Crippen LogP contribution in [-0.2, 0) is 4.79 Å². The quantitative estimate of drug-likeness (QED) is 0.818. The maximum absolute atomic E-state index is 10.2. The van der Waals surface area contributed by atoms with Crippen molar-refractivity contribution in [3.05, 3.63) is 46.0 Å². The summed E-state index contributed by atoms with van der Waals surface area (Å²) >= 11 is 0. The molecule has 0 aliphatic heterocycles. The van der Waals surface area contributed by atoms with Crippen molar-refractivity contribution in [2.75, 3.05) is 7.05 Å². The van der Waals surface area contributed by atoms with Crippen LogP contribution < -0.4 is 5.32 Å². The van der Waals surface area contributed by atoms with E-state index in [-0.39, 0.29) is 5.78 Å². The van der Waals surface area contributed by atoms with E-state index in [1.807, 2.05) is 46.9 Å². The second-order valence-corrected chi connectivity index (χ2v) is 4.75. The number of nitrogens with one attached hydrogen (secondary N) is 1. The van der Waals surface area contributed by atoms with Crippen LogP contribution in [0.2, 0.25) is 0 Å². The Morgan fingerprint density at radius 2 is 1.40 bits per heavy atom. The minimum atomic E-state index is 0.167. The number of carbonyl (C=O) groups excluding carboxylic acids is 1. The van der Waals surface area contributed by atoms with Gasteiger partial charge in [-0.05, 0) is 75.2 Å². The summed E-state index contributed by atoms with van der Waals surface area (Å²) in [4.78, 5) is 19.7. The molecule has 1 rings (SSSR count). The van der Waals surface area contributed by atoms with Gasteiger partial charge in [0, 0.05) is 7.05 Å². The second-order valence-electron chi connectivity index (χ2n) is 4.75. The molecule has 4 nitrogen and oxygen atoms in total. The van der Waals surface area contributed by atoms with Crippen molar-refractivity contribution in [2.45, 2.75) is 41.5 Å². The lowest BCUT2D eigenvalue weighted by molar-refractivity contribution is -0.114. The van der Waals surface area contributed by atoms with Crippen LogP contribution in [0.3, 0.4) is 0 Å². The maximum Gasteiger partial charge on any atom is 0.126 e. The Kier molecular flexibility index (Phi) is 11.1. The van der Waals surface area contributed by atoms with Gasteiger partial charge in [0.1, 0.15) is 11.5 Å². The summed E-state index contributed by atoms with van der Waals surface area (Å²) in [5, 5.41) is 5.76. The topological polar surface area (TPSA) is 58.5 Å². The van der Waals surface area contributed by atoms with Gasteiger partial charge in [0.15, 0.2) is 0 Å². The zero-order valence-corrected chi connectivity index (χ0v) is 13.6. The predicted molar refractivity (Wildman–Crippen MR) is 86.3 cm³/mol. The van der Waals surface area contributed by atoms with Crippen LogP contribution in [0.25, 0.3) is 0 Å². The fourth-order valence-electron chi connectivity index (χ4n) is 1.04. The molecule has 0 heterocycles. The number of rotatable bonds is 2. The van der Waals surface area contributed by atoms with E-state index in [1.165, 1.54) is 19.4 Å². The van der Waals surface area contributed by atoms with Gasteiger partial charge in [0.2, 0.25) is 0 Å². The van der Waals surface area contributed by atoms with Crippen LogP contribution in [0.4, 0.5) is 5.69 Å². The molecule has 0 aliphatic carbocycles. The fourth-order valence-corrected chi connectivity index (χ4v) is 1.04. The number of nitroso groups, excluding NO2 is 1. The summed E-state index contributed by atoms with van der Waals surface area (Å²) in [5.74, 6) is 0.167. The number of aryl methyl sites for hydroxylation is 3. The number of hydrogen-bond donors (Lipinski definition) is 1. The van der Waals surface area contributed by atoms with Crippen molar-refractivity contribution < 1.29 is 4.79 Å². The van der Waals surface area contributed by atoms with Gasteiger partial charge in [-0.2, -0.15) is 0 Å². The summed E-state index contributed by atoms with van der Waals surface area (Å²) in [6.45, 7) is 14.4. The molecule has 1 aromatic rings. The summed E-state index contributed by atoms with van der Waals surface area (Å²) in [5.41, 5.74) is 4.82. The molecular formula is C16H26N2O2. The molecule has 0 aromatic heterocycles. The Labute approximate surface area is 122 Å². The first kappa shape index (κ1) is 20.3. The molecule has 0 radical (unpaired) electrons. The van der Waals surface area contributed by atoms with Gasteiger partial charge >= 0.3 is 0 Å². The number of nitrogens with zero attached hydrogens (tertiary/aromatic N) is 1. The van der Waals surface area contributed by atoms with E-state index in [9.17, 15) is 9.70 Å². The second kappa shape index (κ2) is 10.9. The monoisotopic (exact) mass is 278 g/mol. The van der Waals surface area contributed by atoms with E-state index in [0.717, 1.165) is 16.8 Å². The largest absolute Gasteiger partial charge is 0.392 e. The van der Waals surface area contributed by atoms with Gasteiger partial charge in [-0.15, -0.1) is 4.91 Å². The minimum absolute atomic E-state index is 0.167. The molecule has 1 N–H and O–H groups in total. The number of hydrogen-bond acceptors (Lipinski definition) is 4. The molecule has 1 aromatic carbocycles. The summed E-state index contributed by atoms with van der Waals surface area (Å²) in [7, 11) is 1.85. The van der Waals surface area contributed by atoms with Crippen molar-refractivity contribution in [3.63, 3.8) is 0 Å². The SMILES string of the molecule is C=C(C)NC.CC(C)=O.Cc1cc(C)c(N=O)cc1C. The van der Waals surface area contributed by atoms with E-state index >= 15 is 0 Å². The predicted octanol–water partition coefficient (Wildman–Crippen LogP) is 4.34. The van der Waals surface area contributed by atoms with Crippen molar-refractivity contribution >= 4 is 11.5 Å². The highest BCUT2D eigenvalue weighted by Crippen LogP contribution is 2.21. The minimum Gasteiger partial charge on any atom is -0.392 e. The highest BCUT2D eigenvalue weighted by atomic mass is 16.3. The van der Waals surface area contributed by atoms with Crippen LogP contribution in [0.15, 0.2) is 29.6 Å². The van der Waals surface area contributed by atoms with Crippen molar-refractivity contribution in [1.29, 1.82) is 0 Å². The lowest BCUT2D eigenvalue weighted by Crippen LogP contribution is -1.98. The van der Waals surface area contributed by atoms with Gasteiger partial charge in [-0.25, -0.2) is 0 Å². The fraction of sp³-hybridized carbons (Fsp3) is 0.438. The highest BCUT2D eigenvalue weighted by molar-refractivity contribution is 5.72. The standard InChI is InChI=1S/C9H11NO.C4H9N.C3H6O/c1-6-4-8(3)9(10-11)5-7(6)2;1-4(2)5-3;1-3(2)4/h4-5H,1-3H3;5H,1H2,2-3H3;1-2H3. The van der Waals surface area contributed by atoms with Gasteiger partial charge in [0.25, 0.3) is 0 Å². The lowest BCUT2D eigenvalue weighted by atomic mass is 10.1. The lowest BCUT2D eigenvalue weighted by Gasteiger charge is -2.02. The summed E-state index contributed by atoms with van der Waals surface area (Å²) in [6, 6.07) is 3.80. The highest BCUT2D eigenvalue weighted by Gasteiger charge is 2.00. The molecule has 0 amide bonds. The van der Waals surface area contributed by atoms with Crippen molar-refractivity contribution in [1.82, 2.24) is 5.32 Å². The molecular weight excluding hydrogens is 252 g/mol. The average Bonchev–Trinajstić information content (AvgIpc) is 2.33. The van der Waals surface area contributed by atoms with Crippen LogP contribution in [0.1, 0.15) is 37.5 Å². The van der Waals surface area contributed by atoms with E-state index < -0.39 is 0 Å². The van der Waals surface area contributed by atoms with Crippen LogP contribution in [0.5, 0.6) is 0 Å². The third-order valence-corrected chi connectivity index (χ3v) is 2.34. The Morgan fingerprint density at radius 1 is 1.05 bits per heavy atom. The van der Waals surface area contributed by atoms with Crippen LogP contribution in [-0.4, -0.2) is 12.8 Å². The maximum atomic E-state index is 10.2. The number of Topliss-reactive ketones (excluding diaryl/α,β-unsaturated/α-hetero) is 1. The Balaban J connectivity index is 0. The summed E-state index contributed by atoms with van der Waals surface area (Å²) in [6.07, 6.45) is 0. The molecule has 0 bridgehead atoms. The normalized spacial score (nSPS) is 8.35. The number of allylic oxidation sites excluding steroid dienone is 1. The number of benzene rings is 1. The van der Waals surface area contributed by atoms with Crippen LogP contribution >= 0.6 is 0 Å². The Bertz CT molecular complexity index is 462. The van der Waals surface area contributed by atoms with E-state index in [2.05, 4.69) is 17.1 Å². The van der Waals surface area contributed by atoms with E-state index in [4.69, 9.17) is 0 Å². The molecule has 112 valence electrons. The first-order valence-corrected chi connectivity index (χ1v) is 6.37. The average molecular weight is 278 g/mol. The first-order valence-electron chi connectivity index (χ1n) is 6.37. The molecule has 0 saturated heterocycles. The number of ketones is 1. The molecule has 0 spiro atoms. The van der Waals surface area contributed by atoms with Crippen LogP contribution in [0, 0.1) is 25.7 Å². The third kappa shape index (κ3) is 11.1. The van der Waals surface area contributed by atoms with Gasteiger partial charge in [-0.1, -0.05) is 12.6 Å². The Morgan fingerprint density at radius 3 is 1.70 bits per heavy atom. The van der Waals surface area contributed by atoms with E-state index in [1.54, 1.807) is 0 Å². The zero-order chi connectivity index (χ0) is 16.3. The molecule has 0 fully saturated rings.